The molecule has 0 atom stereocenters. The highest BCUT2D eigenvalue weighted by Crippen LogP contribution is 2.36. The van der Waals surface area contributed by atoms with Crippen molar-refractivity contribution in [2.45, 2.75) is 6.18 Å². The molecule has 0 radical (unpaired) electrons. The molecule has 5 N–H and O–H groups in total. The first-order chi connectivity index (χ1) is 9.31. The van der Waals surface area contributed by atoms with Crippen LogP contribution >= 0.6 is 0 Å². The van der Waals surface area contributed by atoms with E-state index < -0.39 is 29.2 Å². The van der Waals surface area contributed by atoms with Gasteiger partial charge in [0.05, 0.1) is 23.4 Å². The predicted octanol–water partition coefficient (Wildman–Crippen LogP) is 0.467. The number of nitrogens with one attached hydrogen (secondary N) is 3. The molecule has 20 heavy (non-hydrogen) atoms. The van der Waals surface area contributed by atoms with Crippen molar-refractivity contribution in [2.24, 2.45) is 5.84 Å². The van der Waals surface area contributed by atoms with Crippen LogP contribution in [0.15, 0.2) is 18.2 Å². The summed E-state index contributed by atoms with van der Waals surface area (Å²) in [7, 11) is 1.37. The molecule has 6 nitrogen and oxygen atoms in total. The third-order valence-corrected chi connectivity index (χ3v) is 2.45. The van der Waals surface area contributed by atoms with Crippen LogP contribution in [-0.4, -0.2) is 25.4 Å². The summed E-state index contributed by atoms with van der Waals surface area (Å²) >= 11 is 0. The van der Waals surface area contributed by atoms with Crippen LogP contribution in [0.25, 0.3) is 0 Å². The summed E-state index contributed by atoms with van der Waals surface area (Å²) in [6.07, 6.45) is -4.65. The topological polar surface area (TPSA) is 96.2 Å². The zero-order valence-corrected chi connectivity index (χ0v) is 10.5. The molecule has 0 aromatic heterocycles. The molecule has 0 heterocycles. The van der Waals surface area contributed by atoms with Crippen molar-refractivity contribution in [2.75, 3.05) is 19.0 Å². The summed E-state index contributed by atoms with van der Waals surface area (Å²) in [6.45, 7) is -0.352. The van der Waals surface area contributed by atoms with Gasteiger partial charge in [0.15, 0.2) is 0 Å². The summed E-state index contributed by atoms with van der Waals surface area (Å²) in [6, 6.07) is 3.05. The van der Waals surface area contributed by atoms with Gasteiger partial charge < -0.3 is 16.1 Å². The Morgan fingerprint density at radius 3 is 2.45 bits per heavy atom. The van der Waals surface area contributed by atoms with Crippen molar-refractivity contribution in [3.63, 3.8) is 0 Å². The minimum atomic E-state index is -4.65. The second-order valence-corrected chi connectivity index (χ2v) is 3.73. The van der Waals surface area contributed by atoms with Gasteiger partial charge in [0.1, 0.15) is 0 Å². The van der Waals surface area contributed by atoms with Crippen molar-refractivity contribution in [3.8, 4) is 0 Å². The minimum absolute atomic E-state index is 0.300. The van der Waals surface area contributed by atoms with E-state index >= 15 is 0 Å². The zero-order chi connectivity index (χ0) is 15.3. The van der Waals surface area contributed by atoms with Crippen LogP contribution in [-0.2, 0) is 11.0 Å². The highest BCUT2D eigenvalue weighted by atomic mass is 19.4. The maximum atomic E-state index is 12.8. The minimum Gasteiger partial charge on any atom is -0.358 e. The van der Waals surface area contributed by atoms with Crippen LogP contribution in [0.5, 0.6) is 0 Å². The number of hydrogen-bond donors (Lipinski definition) is 4. The third kappa shape index (κ3) is 3.60. The van der Waals surface area contributed by atoms with Crippen LogP contribution in [0.2, 0.25) is 0 Å². The molecule has 0 spiro atoms. The molecule has 1 rings (SSSR count). The molecule has 2 amide bonds. The van der Waals surface area contributed by atoms with E-state index in [-0.39, 0.29) is 12.1 Å². The number of amides is 2. The van der Waals surface area contributed by atoms with E-state index in [1.807, 2.05) is 5.43 Å². The van der Waals surface area contributed by atoms with E-state index in [2.05, 4.69) is 10.6 Å². The number of anilines is 1. The Morgan fingerprint density at radius 1 is 1.30 bits per heavy atom. The first-order valence-electron chi connectivity index (χ1n) is 5.46. The highest BCUT2D eigenvalue weighted by molar-refractivity contribution is 6.01. The van der Waals surface area contributed by atoms with Crippen molar-refractivity contribution in [3.05, 3.63) is 29.3 Å². The molecule has 0 unspecified atom stereocenters. The number of alkyl halides is 3. The number of nitrogen functional groups attached to an aromatic ring is 1. The van der Waals surface area contributed by atoms with Crippen molar-refractivity contribution < 1.29 is 22.8 Å². The standard InChI is InChI=1S/C11H13F3N4O2/c1-16-8(19)5-17-10(20)6-3-2-4-7(9(6)18-15)11(12,13)14/h2-4,18H,5,15H2,1H3,(H,16,19)(H,17,20). The van der Waals surface area contributed by atoms with E-state index in [4.69, 9.17) is 5.84 Å². The van der Waals surface area contributed by atoms with E-state index in [1.54, 1.807) is 0 Å². The van der Waals surface area contributed by atoms with Crippen LogP contribution in [0.4, 0.5) is 18.9 Å². The molecule has 1 aromatic rings. The summed E-state index contributed by atoms with van der Waals surface area (Å²) in [4.78, 5) is 22.8. The normalized spacial score (nSPS) is 10.8. The van der Waals surface area contributed by atoms with E-state index in [1.165, 1.54) is 13.1 Å². The van der Waals surface area contributed by atoms with Gasteiger partial charge in [-0.25, -0.2) is 0 Å². The molecule has 9 heteroatoms. The fourth-order valence-corrected chi connectivity index (χ4v) is 1.48. The number of benzene rings is 1. The average molecular weight is 290 g/mol. The maximum Gasteiger partial charge on any atom is 0.418 e. The first kappa shape index (κ1) is 15.8. The van der Waals surface area contributed by atoms with E-state index in [0.717, 1.165) is 12.1 Å². The third-order valence-electron chi connectivity index (χ3n) is 2.45. The van der Waals surface area contributed by atoms with Crippen LogP contribution in [0.3, 0.4) is 0 Å². The monoisotopic (exact) mass is 290 g/mol. The Balaban J connectivity index is 3.06. The molecule has 1 aromatic carbocycles. The predicted molar refractivity (Wildman–Crippen MR) is 65.7 cm³/mol. The molecule has 0 aliphatic rings. The zero-order valence-electron chi connectivity index (χ0n) is 10.5. The number of hydrogen-bond acceptors (Lipinski definition) is 4. The lowest BCUT2D eigenvalue weighted by Crippen LogP contribution is -2.35. The molecule has 110 valence electrons. The number of likely N-dealkylation sites (N-methyl/N-ethyl adjacent to an activating group) is 1. The Kier molecular flexibility index (Phi) is 4.92. The van der Waals surface area contributed by atoms with Gasteiger partial charge in [0, 0.05) is 7.05 Å². The second kappa shape index (κ2) is 6.24. The quantitative estimate of drug-likeness (QED) is 0.478. The van der Waals surface area contributed by atoms with Crippen LogP contribution < -0.4 is 21.9 Å². The van der Waals surface area contributed by atoms with Gasteiger partial charge in [0.25, 0.3) is 5.91 Å². The Morgan fingerprint density at radius 2 is 1.95 bits per heavy atom. The van der Waals surface area contributed by atoms with Gasteiger partial charge in [-0.1, -0.05) is 6.07 Å². The number of nitrogens with two attached hydrogens (primary N) is 1. The SMILES string of the molecule is CNC(=O)CNC(=O)c1cccc(C(F)(F)F)c1NN. The summed E-state index contributed by atoms with van der Waals surface area (Å²) in [5, 5.41) is 4.45. The van der Waals surface area contributed by atoms with Gasteiger partial charge >= 0.3 is 6.18 Å². The lowest BCUT2D eigenvalue weighted by molar-refractivity contribution is -0.137. The lowest BCUT2D eigenvalue weighted by atomic mass is 10.1. The Hall–Kier alpha value is -2.29. The number of carbonyl (C=O) groups is 2. The van der Waals surface area contributed by atoms with Crippen molar-refractivity contribution in [1.82, 2.24) is 10.6 Å². The average Bonchev–Trinajstić information content (AvgIpc) is 2.42. The summed E-state index contributed by atoms with van der Waals surface area (Å²) in [5.74, 6) is 3.74. The van der Waals surface area contributed by atoms with Gasteiger partial charge in [-0.15, -0.1) is 0 Å². The van der Waals surface area contributed by atoms with Crippen LogP contribution in [0.1, 0.15) is 15.9 Å². The van der Waals surface area contributed by atoms with Crippen molar-refractivity contribution >= 4 is 17.5 Å². The first-order valence-corrected chi connectivity index (χ1v) is 5.46. The van der Waals surface area contributed by atoms with Gasteiger partial charge in [-0.05, 0) is 12.1 Å². The second-order valence-electron chi connectivity index (χ2n) is 3.73. The Bertz CT molecular complexity index is 517. The molecule has 0 fully saturated rings. The number of carbonyl (C=O) groups excluding carboxylic acids is 2. The molecular weight excluding hydrogens is 277 g/mol. The summed E-state index contributed by atoms with van der Waals surface area (Å²) < 4.78 is 38.3. The van der Waals surface area contributed by atoms with Crippen molar-refractivity contribution in [1.29, 1.82) is 0 Å². The lowest BCUT2D eigenvalue weighted by Gasteiger charge is -2.15. The van der Waals surface area contributed by atoms with E-state index in [0.29, 0.717) is 0 Å². The fourth-order valence-electron chi connectivity index (χ4n) is 1.48. The summed E-state index contributed by atoms with van der Waals surface area (Å²) in [5.41, 5.74) is -0.0372. The molecule has 0 saturated carbocycles. The van der Waals surface area contributed by atoms with Gasteiger partial charge in [-0.3, -0.25) is 15.4 Å². The maximum absolute atomic E-state index is 12.8. The Labute approximate surface area is 112 Å². The van der Waals surface area contributed by atoms with Crippen LogP contribution in [0, 0.1) is 0 Å². The molecule has 0 aliphatic carbocycles. The molecule has 0 saturated heterocycles. The smallest absolute Gasteiger partial charge is 0.358 e. The largest absolute Gasteiger partial charge is 0.418 e. The molecule has 0 bridgehead atoms. The number of rotatable bonds is 4. The number of hydrazine groups is 1. The fraction of sp³-hybridized carbons (Fsp3) is 0.273. The van der Waals surface area contributed by atoms with E-state index in [9.17, 15) is 22.8 Å². The molecular formula is C11H13F3N4O2. The van der Waals surface area contributed by atoms with Gasteiger partial charge in [-0.2, -0.15) is 13.2 Å². The number of halogens is 3. The highest BCUT2D eigenvalue weighted by Gasteiger charge is 2.35. The number of para-hydroxylation sites is 1. The van der Waals surface area contributed by atoms with Gasteiger partial charge in [0.2, 0.25) is 5.91 Å². The molecule has 0 aliphatic heterocycles.